The van der Waals surface area contributed by atoms with Crippen LogP contribution in [0.3, 0.4) is 0 Å². The highest BCUT2D eigenvalue weighted by Gasteiger charge is 2.37. The molecular weight excluding hydrogens is 471 g/mol. The van der Waals surface area contributed by atoms with Crippen molar-refractivity contribution in [3.63, 3.8) is 0 Å². The quantitative estimate of drug-likeness (QED) is 0.490. The molecule has 10 heteroatoms. The van der Waals surface area contributed by atoms with Crippen molar-refractivity contribution < 1.29 is 23.5 Å². The molecule has 3 heterocycles. The second-order valence-corrected chi connectivity index (χ2v) is 9.41. The molecule has 0 aliphatic carbocycles. The van der Waals surface area contributed by atoms with Gasteiger partial charge in [0.1, 0.15) is 10.8 Å². The van der Waals surface area contributed by atoms with E-state index >= 15 is 0 Å². The second-order valence-electron chi connectivity index (χ2n) is 8.46. The van der Waals surface area contributed by atoms with Crippen molar-refractivity contribution in [3.05, 3.63) is 81.1 Å². The topological polar surface area (TPSA) is 83.1 Å². The van der Waals surface area contributed by atoms with Gasteiger partial charge in [0.15, 0.2) is 0 Å². The molecule has 0 spiro atoms. The fourth-order valence-corrected chi connectivity index (χ4v) is 5.00. The van der Waals surface area contributed by atoms with E-state index in [-0.39, 0.29) is 22.7 Å². The van der Waals surface area contributed by atoms with Crippen LogP contribution in [0.5, 0.6) is 0 Å². The number of thiazole rings is 1. The molecule has 2 aliphatic rings. The molecule has 8 nitrogen and oxygen atoms in total. The first-order valence-corrected chi connectivity index (χ1v) is 12.1. The molecule has 3 amide bonds. The lowest BCUT2D eigenvalue weighted by Gasteiger charge is -2.25. The number of anilines is 1. The van der Waals surface area contributed by atoms with Crippen molar-refractivity contribution in [3.8, 4) is 0 Å². The summed E-state index contributed by atoms with van der Waals surface area (Å²) in [4.78, 5) is 48.3. The van der Waals surface area contributed by atoms with Gasteiger partial charge in [0.05, 0.1) is 48.8 Å². The van der Waals surface area contributed by atoms with E-state index in [4.69, 9.17) is 4.74 Å². The van der Waals surface area contributed by atoms with E-state index in [1.807, 2.05) is 5.38 Å². The van der Waals surface area contributed by atoms with E-state index in [9.17, 15) is 18.8 Å². The Labute approximate surface area is 205 Å². The van der Waals surface area contributed by atoms with Crippen LogP contribution in [0.15, 0.2) is 47.8 Å². The summed E-state index contributed by atoms with van der Waals surface area (Å²) in [5.74, 6) is -1.79. The molecule has 0 atom stereocenters. The number of hydrogen-bond acceptors (Lipinski definition) is 7. The van der Waals surface area contributed by atoms with Crippen molar-refractivity contribution >= 4 is 34.7 Å². The Bertz CT molecular complexity index is 1290. The number of hydrogen-bond donors (Lipinski definition) is 0. The number of halogens is 1. The monoisotopic (exact) mass is 494 g/mol. The molecule has 0 saturated carbocycles. The third kappa shape index (κ3) is 4.72. The summed E-state index contributed by atoms with van der Waals surface area (Å²) in [7, 11) is 1.67. The number of morpholine rings is 1. The lowest BCUT2D eigenvalue weighted by Crippen LogP contribution is -2.35. The summed E-state index contributed by atoms with van der Waals surface area (Å²) >= 11 is 1.57. The lowest BCUT2D eigenvalue weighted by atomic mass is 10.0. The number of carbonyl (C=O) groups is 3. The predicted molar refractivity (Wildman–Crippen MR) is 128 cm³/mol. The number of carbonyl (C=O) groups excluding carboxylic acids is 3. The zero-order valence-electron chi connectivity index (χ0n) is 19.1. The van der Waals surface area contributed by atoms with Gasteiger partial charge in [-0.1, -0.05) is 0 Å². The fourth-order valence-electron chi connectivity index (χ4n) is 4.18. The van der Waals surface area contributed by atoms with Gasteiger partial charge in [-0.15, -0.1) is 11.3 Å². The number of imide groups is 1. The lowest BCUT2D eigenvalue weighted by molar-refractivity contribution is 0.0341. The van der Waals surface area contributed by atoms with Crippen LogP contribution in [0, 0.1) is 5.82 Å². The van der Waals surface area contributed by atoms with Crippen molar-refractivity contribution in [2.45, 2.75) is 13.1 Å². The van der Waals surface area contributed by atoms with Gasteiger partial charge in [0.25, 0.3) is 17.7 Å². The van der Waals surface area contributed by atoms with E-state index in [0.717, 1.165) is 48.4 Å². The molecule has 5 rings (SSSR count). The van der Waals surface area contributed by atoms with E-state index in [1.165, 1.54) is 41.3 Å². The standard InChI is InChI=1S/C25H23FN4O4S/c1-28(13-18-15-35-22(27-18)14-29-8-10-34-11-9-29)23(31)16-2-7-20-21(12-16)25(33)30(24(20)32)19-5-3-17(26)4-6-19/h2-7,12,15H,8-11,13-14H2,1H3. The maximum Gasteiger partial charge on any atom is 0.266 e. The molecule has 0 N–H and O–H groups in total. The fraction of sp³-hybridized carbons (Fsp3) is 0.280. The minimum absolute atomic E-state index is 0.153. The Morgan fingerprint density at radius 2 is 1.80 bits per heavy atom. The predicted octanol–water partition coefficient (Wildman–Crippen LogP) is 3.19. The minimum atomic E-state index is -0.541. The molecule has 0 bridgehead atoms. The van der Waals surface area contributed by atoms with Crippen LogP contribution in [0.25, 0.3) is 0 Å². The number of benzene rings is 2. The minimum Gasteiger partial charge on any atom is -0.379 e. The zero-order chi connectivity index (χ0) is 24.5. The van der Waals surface area contributed by atoms with E-state index in [1.54, 1.807) is 24.5 Å². The molecule has 1 saturated heterocycles. The molecule has 1 aromatic heterocycles. The van der Waals surface area contributed by atoms with Crippen LogP contribution in [0.1, 0.15) is 41.8 Å². The van der Waals surface area contributed by atoms with Gasteiger partial charge >= 0.3 is 0 Å². The van der Waals surface area contributed by atoms with Crippen LogP contribution in [0.2, 0.25) is 0 Å². The average Bonchev–Trinajstić information content (AvgIpc) is 3.41. The SMILES string of the molecule is CN(Cc1csc(CN2CCOCC2)n1)C(=O)c1ccc2c(c1)C(=O)N(c1ccc(F)cc1)C2=O. The first-order chi connectivity index (χ1) is 16.9. The van der Waals surface area contributed by atoms with Gasteiger partial charge in [-0.3, -0.25) is 19.3 Å². The molecule has 1 fully saturated rings. The maximum atomic E-state index is 13.3. The first kappa shape index (κ1) is 23.3. The summed E-state index contributed by atoms with van der Waals surface area (Å²) in [5, 5.41) is 2.94. The highest BCUT2D eigenvalue weighted by Crippen LogP contribution is 2.29. The zero-order valence-corrected chi connectivity index (χ0v) is 19.9. The van der Waals surface area contributed by atoms with Crippen molar-refractivity contribution in [2.24, 2.45) is 0 Å². The Hall–Kier alpha value is -3.47. The van der Waals surface area contributed by atoms with Crippen LogP contribution in [-0.4, -0.2) is 65.9 Å². The summed E-state index contributed by atoms with van der Waals surface area (Å²) in [6.07, 6.45) is 0. The Morgan fingerprint density at radius 3 is 2.54 bits per heavy atom. The summed E-state index contributed by atoms with van der Waals surface area (Å²) < 4.78 is 18.6. The number of amides is 3. The third-order valence-electron chi connectivity index (χ3n) is 6.03. The Balaban J connectivity index is 1.28. The van der Waals surface area contributed by atoms with Gasteiger partial charge in [0, 0.05) is 31.1 Å². The van der Waals surface area contributed by atoms with Gasteiger partial charge in [-0.2, -0.15) is 0 Å². The summed E-state index contributed by atoms with van der Waals surface area (Å²) in [6, 6.07) is 9.60. The van der Waals surface area contributed by atoms with E-state index < -0.39 is 17.6 Å². The van der Waals surface area contributed by atoms with Crippen LogP contribution < -0.4 is 4.90 Å². The molecule has 35 heavy (non-hydrogen) atoms. The smallest absolute Gasteiger partial charge is 0.266 e. The normalized spacial score (nSPS) is 16.0. The summed E-state index contributed by atoms with van der Waals surface area (Å²) in [6.45, 7) is 4.30. The molecule has 3 aromatic rings. The molecule has 0 unspecified atom stereocenters. The van der Waals surface area contributed by atoms with Gasteiger partial charge < -0.3 is 9.64 Å². The molecule has 0 radical (unpaired) electrons. The number of rotatable bonds is 6. The first-order valence-electron chi connectivity index (χ1n) is 11.2. The number of aromatic nitrogens is 1. The molecule has 2 aliphatic heterocycles. The van der Waals surface area contributed by atoms with Crippen molar-refractivity contribution in [2.75, 3.05) is 38.3 Å². The van der Waals surface area contributed by atoms with Gasteiger partial charge in [-0.05, 0) is 42.5 Å². The summed E-state index contributed by atoms with van der Waals surface area (Å²) in [5.41, 5.74) is 1.74. The van der Waals surface area contributed by atoms with Crippen molar-refractivity contribution in [1.82, 2.24) is 14.8 Å². The van der Waals surface area contributed by atoms with Crippen LogP contribution in [0.4, 0.5) is 10.1 Å². The highest BCUT2D eigenvalue weighted by molar-refractivity contribution is 7.09. The molecule has 180 valence electrons. The van der Waals surface area contributed by atoms with E-state index in [0.29, 0.717) is 12.1 Å². The van der Waals surface area contributed by atoms with Gasteiger partial charge in [-0.25, -0.2) is 14.3 Å². The number of fused-ring (bicyclic) bond motifs is 1. The van der Waals surface area contributed by atoms with E-state index in [2.05, 4.69) is 9.88 Å². The van der Waals surface area contributed by atoms with Crippen LogP contribution in [-0.2, 0) is 17.8 Å². The average molecular weight is 495 g/mol. The number of ether oxygens (including phenoxy) is 1. The molecule has 2 aromatic carbocycles. The Kier molecular flexibility index (Phi) is 6.42. The molecular formula is C25H23FN4O4S. The Morgan fingerprint density at radius 1 is 1.09 bits per heavy atom. The van der Waals surface area contributed by atoms with Gasteiger partial charge in [0.2, 0.25) is 0 Å². The maximum absolute atomic E-state index is 13.3. The van der Waals surface area contributed by atoms with Crippen LogP contribution >= 0.6 is 11.3 Å². The van der Waals surface area contributed by atoms with Crippen molar-refractivity contribution in [1.29, 1.82) is 0 Å². The third-order valence-corrected chi connectivity index (χ3v) is 6.91. The largest absolute Gasteiger partial charge is 0.379 e. The second kappa shape index (κ2) is 9.65. The number of nitrogens with zero attached hydrogens (tertiary/aromatic N) is 4. The highest BCUT2D eigenvalue weighted by atomic mass is 32.1.